The Hall–Kier alpha value is -2.12. The Balaban J connectivity index is 2.12. The first-order chi connectivity index (χ1) is 10.8. The number of carbonyl (C=O) groups excluding carboxylic acids is 1. The number of aryl methyl sites for hydroxylation is 1. The number of carbonyl (C=O) groups is 1. The fourth-order valence-electron chi connectivity index (χ4n) is 2.21. The van der Waals surface area contributed by atoms with E-state index < -0.39 is 16.0 Å². The number of ether oxygens (including phenoxy) is 1. The second-order valence-electron chi connectivity index (χ2n) is 5.33. The van der Waals surface area contributed by atoms with E-state index in [0.29, 0.717) is 0 Å². The van der Waals surface area contributed by atoms with Gasteiger partial charge in [-0.05, 0) is 17.5 Å². The summed E-state index contributed by atoms with van der Waals surface area (Å²) in [6.07, 6.45) is 1.39. The summed E-state index contributed by atoms with van der Waals surface area (Å²) in [5.74, 6) is -0.540. The molecule has 7 heteroatoms. The maximum Gasteiger partial charge on any atom is 0.354 e. The Kier molecular flexibility index (Phi) is 5.23. The molecule has 0 radical (unpaired) electrons. The van der Waals surface area contributed by atoms with Gasteiger partial charge >= 0.3 is 5.97 Å². The standard InChI is InChI=1S/C16H20N2O4S/c1-12(13-7-5-4-6-8-13)10-17-23(20,21)14-9-15(16(19)22-3)18(2)11-14/h4-9,11-12,17H,10H2,1-3H3/t12-/m0/s1. The molecule has 0 aliphatic heterocycles. The molecule has 0 aliphatic carbocycles. The van der Waals surface area contributed by atoms with Gasteiger partial charge in [0.15, 0.2) is 0 Å². The highest BCUT2D eigenvalue weighted by Gasteiger charge is 2.21. The van der Waals surface area contributed by atoms with Gasteiger partial charge in [0, 0.05) is 19.8 Å². The van der Waals surface area contributed by atoms with Crippen LogP contribution in [0.4, 0.5) is 0 Å². The molecule has 0 unspecified atom stereocenters. The lowest BCUT2D eigenvalue weighted by Crippen LogP contribution is -2.27. The summed E-state index contributed by atoms with van der Waals surface area (Å²) in [4.78, 5) is 11.6. The first kappa shape index (κ1) is 17.2. The van der Waals surface area contributed by atoms with Gasteiger partial charge in [-0.2, -0.15) is 0 Å². The predicted molar refractivity (Wildman–Crippen MR) is 86.8 cm³/mol. The van der Waals surface area contributed by atoms with Crippen molar-refractivity contribution in [3.8, 4) is 0 Å². The van der Waals surface area contributed by atoms with Crippen molar-refractivity contribution >= 4 is 16.0 Å². The summed E-state index contributed by atoms with van der Waals surface area (Å²) in [7, 11) is -0.837. The molecule has 0 bridgehead atoms. The Morgan fingerprint density at radius 3 is 2.57 bits per heavy atom. The third-order valence-electron chi connectivity index (χ3n) is 3.63. The van der Waals surface area contributed by atoms with E-state index in [1.54, 1.807) is 7.05 Å². The smallest absolute Gasteiger partial charge is 0.354 e. The summed E-state index contributed by atoms with van der Waals surface area (Å²) in [5, 5.41) is 0. The number of rotatable bonds is 6. The van der Waals surface area contributed by atoms with E-state index in [4.69, 9.17) is 0 Å². The van der Waals surface area contributed by atoms with Crippen molar-refractivity contribution in [3.63, 3.8) is 0 Å². The van der Waals surface area contributed by atoms with Gasteiger partial charge in [0.1, 0.15) is 10.6 Å². The van der Waals surface area contributed by atoms with Crippen molar-refractivity contribution < 1.29 is 17.9 Å². The van der Waals surface area contributed by atoms with Crippen LogP contribution in [-0.4, -0.2) is 32.6 Å². The number of methoxy groups -OCH3 is 1. The molecule has 23 heavy (non-hydrogen) atoms. The number of esters is 1. The lowest BCUT2D eigenvalue weighted by atomic mass is 10.0. The van der Waals surface area contributed by atoms with Crippen molar-refractivity contribution in [3.05, 3.63) is 53.9 Å². The van der Waals surface area contributed by atoms with Gasteiger partial charge in [-0.3, -0.25) is 0 Å². The van der Waals surface area contributed by atoms with E-state index in [0.717, 1.165) is 5.56 Å². The molecule has 0 saturated heterocycles. The second kappa shape index (κ2) is 6.97. The molecule has 1 aromatic carbocycles. The summed E-state index contributed by atoms with van der Waals surface area (Å²) < 4.78 is 33.4. The zero-order chi connectivity index (χ0) is 17.0. The van der Waals surface area contributed by atoms with Crippen molar-refractivity contribution in [2.75, 3.05) is 13.7 Å². The molecule has 0 spiro atoms. The SMILES string of the molecule is COC(=O)c1cc(S(=O)(=O)NC[C@H](C)c2ccccc2)cn1C. The summed E-state index contributed by atoms with van der Waals surface area (Å²) in [6, 6.07) is 11.0. The van der Waals surface area contributed by atoms with Crippen LogP contribution in [0.5, 0.6) is 0 Å². The Labute approximate surface area is 136 Å². The molecular formula is C16H20N2O4S. The number of benzene rings is 1. The highest BCUT2D eigenvalue weighted by atomic mass is 32.2. The van der Waals surface area contributed by atoms with Gasteiger partial charge in [-0.1, -0.05) is 37.3 Å². The maximum atomic E-state index is 12.4. The Bertz CT molecular complexity index is 782. The minimum atomic E-state index is -3.69. The monoisotopic (exact) mass is 336 g/mol. The number of aromatic nitrogens is 1. The summed E-state index contributed by atoms with van der Waals surface area (Å²) in [5.41, 5.74) is 1.24. The number of hydrogen-bond acceptors (Lipinski definition) is 4. The number of nitrogens with one attached hydrogen (secondary N) is 1. The summed E-state index contributed by atoms with van der Waals surface area (Å²) in [6.45, 7) is 2.22. The van der Waals surface area contributed by atoms with Crippen LogP contribution < -0.4 is 4.72 Å². The lowest BCUT2D eigenvalue weighted by Gasteiger charge is -2.12. The Morgan fingerprint density at radius 2 is 1.96 bits per heavy atom. The van der Waals surface area contributed by atoms with Crippen LogP contribution in [0.15, 0.2) is 47.5 Å². The molecular weight excluding hydrogens is 316 g/mol. The van der Waals surface area contributed by atoms with Crippen molar-refractivity contribution in [1.29, 1.82) is 0 Å². The average molecular weight is 336 g/mol. The van der Waals surface area contributed by atoms with Crippen LogP contribution in [-0.2, 0) is 21.8 Å². The van der Waals surface area contributed by atoms with Crippen LogP contribution in [0.25, 0.3) is 0 Å². The maximum absolute atomic E-state index is 12.4. The topological polar surface area (TPSA) is 77.4 Å². The highest BCUT2D eigenvalue weighted by molar-refractivity contribution is 7.89. The minimum absolute atomic E-state index is 0.0368. The van der Waals surface area contributed by atoms with Gasteiger partial charge in [-0.15, -0.1) is 0 Å². The van der Waals surface area contributed by atoms with Crippen LogP contribution in [0.1, 0.15) is 28.9 Å². The molecule has 0 saturated carbocycles. The van der Waals surface area contributed by atoms with Crippen molar-refractivity contribution in [2.24, 2.45) is 7.05 Å². The highest BCUT2D eigenvalue weighted by Crippen LogP contribution is 2.17. The number of hydrogen-bond donors (Lipinski definition) is 1. The van der Waals surface area contributed by atoms with Gasteiger partial charge in [0.25, 0.3) is 0 Å². The fraction of sp³-hybridized carbons (Fsp3) is 0.312. The van der Waals surface area contributed by atoms with Gasteiger partial charge < -0.3 is 9.30 Å². The van der Waals surface area contributed by atoms with E-state index in [1.807, 2.05) is 37.3 Å². The second-order valence-corrected chi connectivity index (χ2v) is 7.09. The van der Waals surface area contributed by atoms with Crippen LogP contribution in [0.2, 0.25) is 0 Å². The van der Waals surface area contributed by atoms with E-state index in [1.165, 1.54) is 23.9 Å². The molecule has 0 fully saturated rings. The molecule has 1 aromatic heterocycles. The molecule has 1 N–H and O–H groups in total. The van der Waals surface area contributed by atoms with Crippen molar-refractivity contribution in [1.82, 2.24) is 9.29 Å². The lowest BCUT2D eigenvalue weighted by molar-refractivity contribution is 0.0590. The third kappa shape index (κ3) is 4.00. The average Bonchev–Trinajstić information content (AvgIpc) is 2.95. The minimum Gasteiger partial charge on any atom is -0.464 e. The van der Waals surface area contributed by atoms with E-state index in [2.05, 4.69) is 9.46 Å². The normalized spacial score (nSPS) is 12.8. The zero-order valence-electron chi connectivity index (χ0n) is 13.3. The zero-order valence-corrected chi connectivity index (χ0v) is 14.1. The fourth-order valence-corrected chi connectivity index (χ4v) is 3.41. The first-order valence-corrected chi connectivity index (χ1v) is 8.62. The molecule has 2 rings (SSSR count). The summed E-state index contributed by atoms with van der Waals surface area (Å²) >= 11 is 0. The first-order valence-electron chi connectivity index (χ1n) is 7.14. The number of nitrogens with zero attached hydrogens (tertiary/aromatic N) is 1. The van der Waals surface area contributed by atoms with Gasteiger partial charge in [-0.25, -0.2) is 17.9 Å². The molecule has 124 valence electrons. The quantitative estimate of drug-likeness (QED) is 0.817. The number of sulfonamides is 1. The van der Waals surface area contributed by atoms with Crippen LogP contribution in [0, 0.1) is 0 Å². The molecule has 1 heterocycles. The molecule has 0 amide bonds. The molecule has 1 atom stereocenters. The van der Waals surface area contributed by atoms with E-state index in [-0.39, 0.29) is 23.1 Å². The van der Waals surface area contributed by atoms with Crippen LogP contribution >= 0.6 is 0 Å². The van der Waals surface area contributed by atoms with E-state index in [9.17, 15) is 13.2 Å². The predicted octanol–water partition coefficient (Wildman–Crippen LogP) is 1.89. The third-order valence-corrected chi connectivity index (χ3v) is 5.02. The molecule has 2 aromatic rings. The van der Waals surface area contributed by atoms with E-state index >= 15 is 0 Å². The molecule has 0 aliphatic rings. The van der Waals surface area contributed by atoms with Crippen LogP contribution in [0.3, 0.4) is 0 Å². The largest absolute Gasteiger partial charge is 0.464 e. The Morgan fingerprint density at radius 1 is 1.30 bits per heavy atom. The van der Waals surface area contributed by atoms with Gasteiger partial charge in [0.05, 0.1) is 7.11 Å². The van der Waals surface area contributed by atoms with Gasteiger partial charge in [0.2, 0.25) is 10.0 Å². The molecule has 6 nitrogen and oxygen atoms in total. The van der Waals surface area contributed by atoms with Crippen molar-refractivity contribution in [2.45, 2.75) is 17.7 Å².